The van der Waals surface area contributed by atoms with Crippen LogP contribution < -0.4 is 9.47 Å². The lowest BCUT2D eigenvalue weighted by atomic mass is 10.1. The van der Waals surface area contributed by atoms with Crippen LogP contribution in [0.2, 0.25) is 0 Å². The van der Waals surface area contributed by atoms with Crippen molar-refractivity contribution >= 4 is 45.6 Å². The van der Waals surface area contributed by atoms with E-state index in [4.69, 9.17) is 9.47 Å². The molecule has 0 atom stereocenters. The van der Waals surface area contributed by atoms with Crippen molar-refractivity contribution in [3.05, 3.63) is 62.0 Å². The first-order valence-corrected chi connectivity index (χ1v) is 9.43. The Labute approximate surface area is 162 Å². The minimum atomic E-state index is 0.248. The van der Waals surface area contributed by atoms with E-state index < -0.39 is 0 Å². The van der Waals surface area contributed by atoms with Crippen LogP contribution in [-0.4, -0.2) is 11.8 Å². The van der Waals surface area contributed by atoms with Crippen LogP contribution in [0.3, 0.4) is 0 Å². The van der Waals surface area contributed by atoms with Crippen molar-refractivity contribution < 1.29 is 9.47 Å². The van der Waals surface area contributed by atoms with Crippen LogP contribution in [0.25, 0.3) is 22.9 Å². The zero-order valence-corrected chi connectivity index (χ0v) is 15.9. The number of aromatic nitrogens is 1. The third kappa shape index (κ3) is 3.25. The Kier molecular flexibility index (Phi) is 4.42. The molecular formula is C19H11IN2O2S. The van der Waals surface area contributed by atoms with Crippen molar-refractivity contribution in [3.8, 4) is 28.8 Å². The number of fused-ring (bicyclic) bond motifs is 1. The molecule has 0 aliphatic carbocycles. The zero-order valence-electron chi connectivity index (χ0n) is 12.9. The van der Waals surface area contributed by atoms with Gasteiger partial charge in [-0.2, -0.15) is 5.26 Å². The summed E-state index contributed by atoms with van der Waals surface area (Å²) in [5, 5.41) is 12.2. The Morgan fingerprint density at radius 2 is 2.04 bits per heavy atom. The molecule has 0 saturated carbocycles. The van der Waals surface area contributed by atoms with E-state index in [1.165, 1.54) is 11.3 Å². The summed E-state index contributed by atoms with van der Waals surface area (Å²) in [6.45, 7) is 0.248. The maximum Gasteiger partial charge on any atom is 0.231 e. The number of nitriles is 1. The molecular weight excluding hydrogens is 447 g/mol. The van der Waals surface area contributed by atoms with Crippen LogP contribution in [0.4, 0.5) is 0 Å². The van der Waals surface area contributed by atoms with Gasteiger partial charge in [-0.1, -0.05) is 18.2 Å². The average molecular weight is 458 g/mol. The summed E-state index contributed by atoms with van der Waals surface area (Å²) >= 11 is 3.72. The van der Waals surface area contributed by atoms with Gasteiger partial charge in [0.15, 0.2) is 11.5 Å². The molecule has 2 heterocycles. The highest BCUT2D eigenvalue weighted by Crippen LogP contribution is 2.36. The highest BCUT2D eigenvalue weighted by Gasteiger charge is 2.16. The number of allylic oxidation sites excluding steroid dienone is 1. The van der Waals surface area contributed by atoms with Gasteiger partial charge in [0.1, 0.15) is 11.1 Å². The molecule has 0 spiro atoms. The van der Waals surface area contributed by atoms with Gasteiger partial charge in [0, 0.05) is 14.5 Å². The van der Waals surface area contributed by atoms with Gasteiger partial charge in [-0.05, 0) is 58.5 Å². The SMILES string of the molecule is N#C/C(=C\c1ccccc1I)c1nc(-c2ccc3c(c2)OCO3)cs1. The Morgan fingerprint density at radius 3 is 2.88 bits per heavy atom. The van der Waals surface area contributed by atoms with E-state index >= 15 is 0 Å². The van der Waals surface area contributed by atoms with Crippen molar-refractivity contribution in [2.45, 2.75) is 0 Å². The molecule has 1 aliphatic heterocycles. The Morgan fingerprint density at radius 1 is 1.20 bits per heavy atom. The third-order valence-corrected chi connectivity index (χ3v) is 5.59. The van der Waals surface area contributed by atoms with Gasteiger partial charge in [0.25, 0.3) is 0 Å². The van der Waals surface area contributed by atoms with Crippen molar-refractivity contribution in [2.24, 2.45) is 0 Å². The fourth-order valence-corrected chi connectivity index (χ4v) is 3.81. The molecule has 1 aromatic heterocycles. The monoisotopic (exact) mass is 458 g/mol. The van der Waals surface area contributed by atoms with Gasteiger partial charge < -0.3 is 9.47 Å². The predicted molar refractivity (Wildman–Crippen MR) is 106 cm³/mol. The number of halogens is 1. The van der Waals surface area contributed by atoms with Gasteiger partial charge in [0.05, 0.1) is 11.3 Å². The number of ether oxygens (including phenoxy) is 2. The molecule has 0 saturated heterocycles. The molecule has 0 unspecified atom stereocenters. The summed E-state index contributed by atoms with van der Waals surface area (Å²) in [5.74, 6) is 1.47. The first-order chi connectivity index (χ1) is 12.2. The maximum atomic E-state index is 9.55. The Bertz CT molecular complexity index is 1020. The minimum Gasteiger partial charge on any atom is -0.454 e. The van der Waals surface area contributed by atoms with Gasteiger partial charge in [-0.3, -0.25) is 0 Å². The van der Waals surface area contributed by atoms with E-state index in [9.17, 15) is 5.26 Å². The van der Waals surface area contributed by atoms with Crippen LogP contribution in [0, 0.1) is 14.9 Å². The molecule has 4 rings (SSSR count). The Balaban J connectivity index is 1.68. The van der Waals surface area contributed by atoms with E-state index in [0.29, 0.717) is 10.6 Å². The first kappa shape index (κ1) is 16.1. The number of nitrogens with zero attached hydrogens (tertiary/aromatic N) is 2. The fourth-order valence-electron chi connectivity index (χ4n) is 2.48. The first-order valence-electron chi connectivity index (χ1n) is 7.47. The number of hydrogen-bond donors (Lipinski definition) is 0. The van der Waals surface area contributed by atoms with E-state index in [1.54, 1.807) is 0 Å². The van der Waals surface area contributed by atoms with Crippen LogP contribution in [0.5, 0.6) is 11.5 Å². The number of thiazole rings is 1. The minimum absolute atomic E-state index is 0.248. The van der Waals surface area contributed by atoms with Gasteiger partial charge in [-0.15, -0.1) is 11.3 Å². The van der Waals surface area contributed by atoms with Crippen molar-refractivity contribution in [2.75, 3.05) is 6.79 Å². The topological polar surface area (TPSA) is 55.1 Å². The summed E-state index contributed by atoms with van der Waals surface area (Å²) < 4.78 is 11.8. The van der Waals surface area contributed by atoms with Gasteiger partial charge >= 0.3 is 0 Å². The standard InChI is InChI=1S/C19H11IN2O2S/c20-15-4-2-1-3-12(15)7-14(9-21)19-22-16(10-25-19)13-5-6-17-18(8-13)24-11-23-17/h1-8,10H,11H2/b14-7+. The number of rotatable bonds is 3. The number of hydrogen-bond acceptors (Lipinski definition) is 5. The normalized spacial score (nSPS) is 12.9. The second kappa shape index (κ2) is 6.86. The molecule has 0 amide bonds. The molecule has 0 radical (unpaired) electrons. The number of benzene rings is 2. The molecule has 0 N–H and O–H groups in total. The smallest absolute Gasteiger partial charge is 0.231 e. The summed E-state index contributed by atoms with van der Waals surface area (Å²) in [5.41, 5.74) is 3.33. The largest absolute Gasteiger partial charge is 0.454 e. The lowest BCUT2D eigenvalue weighted by molar-refractivity contribution is 0.174. The van der Waals surface area contributed by atoms with Crippen LogP contribution >= 0.6 is 33.9 Å². The van der Waals surface area contributed by atoms with Crippen molar-refractivity contribution in [3.63, 3.8) is 0 Å². The molecule has 122 valence electrons. The third-order valence-electron chi connectivity index (χ3n) is 3.73. The summed E-state index contributed by atoms with van der Waals surface area (Å²) in [7, 11) is 0. The Hall–Kier alpha value is -2.37. The molecule has 0 bridgehead atoms. The van der Waals surface area contributed by atoms with E-state index in [2.05, 4.69) is 33.6 Å². The predicted octanol–water partition coefficient (Wildman–Crippen LogP) is 5.21. The van der Waals surface area contributed by atoms with E-state index in [0.717, 1.165) is 31.9 Å². The fraction of sp³-hybridized carbons (Fsp3) is 0.0526. The molecule has 2 aromatic carbocycles. The van der Waals surface area contributed by atoms with Crippen molar-refractivity contribution in [1.29, 1.82) is 5.26 Å². The average Bonchev–Trinajstić information content (AvgIpc) is 3.29. The highest BCUT2D eigenvalue weighted by atomic mass is 127. The summed E-state index contributed by atoms with van der Waals surface area (Å²) in [6, 6.07) is 15.9. The van der Waals surface area contributed by atoms with Crippen LogP contribution in [-0.2, 0) is 0 Å². The second-order valence-electron chi connectivity index (χ2n) is 5.30. The van der Waals surface area contributed by atoms with Gasteiger partial charge in [0.2, 0.25) is 6.79 Å². The summed E-state index contributed by atoms with van der Waals surface area (Å²) in [6.07, 6.45) is 1.88. The quantitative estimate of drug-likeness (QED) is 0.400. The molecule has 1 aliphatic rings. The van der Waals surface area contributed by atoms with Crippen LogP contribution in [0.1, 0.15) is 10.6 Å². The van der Waals surface area contributed by atoms with E-state index in [1.807, 2.05) is 53.9 Å². The van der Waals surface area contributed by atoms with Crippen molar-refractivity contribution in [1.82, 2.24) is 4.98 Å². The molecule has 4 nitrogen and oxygen atoms in total. The lowest BCUT2D eigenvalue weighted by Gasteiger charge is -2.00. The molecule has 3 aromatic rings. The molecule has 6 heteroatoms. The summed E-state index contributed by atoms with van der Waals surface area (Å²) in [4.78, 5) is 4.63. The molecule has 25 heavy (non-hydrogen) atoms. The maximum absolute atomic E-state index is 9.55. The zero-order chi connectivity index (χ0) is 17.2. The lowest BCUT2D eigenvalue weighted by Crippen LogP contribution is -1.92. The second-order valence-corrected chi connectivity index (χ2v) is 7.32. The highest BCUT2D eigenvalue weighted by molar-refractivity contribution is 14.1. The molecule has 0 fully saturated rings. The van der Waals surface area contributed by atoms with E-state index in [-0.39, 0.29) is 6.79 Å². The van der Waals surface area contributed by atoms with Crippen LogP contribution in [0.15, 0.2) is 47.8 Å². The van der Waals surface area contributed by atoms with Gasteiger partial charge in [-0.25, -0.2) is 4.98 Å².